The minimum Gasteiger partial charge on any atom is -0.440 e. The summed E-state index contributed by atoms with van der Waals surface area (Å²) in [7, 11) is 9.29. The molecule has 1 fully saturated rings. The van der Waals surface area contributed by atoms with E-state index in [2.05, 4.69) is 5.32 Å². The first-order valence-corrected chi connectivity index (χ1v) is 11.6. The van der Waals surface area contributed by atoms with Crippen molar-refractivity contribution in [3.63, 3.8) is 0 Å². The predicted octanol–water partition coefficient (Wildman–Crippen LogP) is 0.173. The lowest BCUT2D eigenvalue weighted by Crippen LogP contribution is -2.58. The fourth-order valence-electron chi connectivity index (χ4n) is 4.22. The molecule has 0 aromatic rings. The van der Waals surface area contributed by atoms with Crippen molar-refractivity contribution in [1.82, 2.24) is 5.32 Å². The van der Waals surface area contributed by atoms with E-state index in [1.807, 2.05) is 12.2 Å². The van der Waals surface area contributed by atoms with E-state index >= 15 is 0 Å². The fraction of sp³-hybridized carbons (Fsp3) is 0.870. The first-order chi connectivity index (χ1) is 17.0. The number of methoxy groups -OCH3 is 6. The van der Waals surface area contributed by atoms with Crippen LogP contribution in [-0.2, 0) is 47.4 Å². The van der Waals surface area contributed by atoms with Crippen LogP contribution in [0.3, 0.4) is 0 Å². The van der Waals surface area contributed by atoms with Crippen molar-refractivity contribution in [3.8, 4) is 0 Å². The summed E-state index contributed by atoms with van der Waals surface area (Å²) in [6.45, 7) is 1.55. The maximum absolute atomic E-state index is 12.8. The van der Waals surface area contributed by atoms with Gasteiger partial charge in [0.05, 0.1) is 33.0 Å². The van der Waals surface area contributed by atoms with Crippen molar-refractivity contribution < 1.29 is 52.2 Å². The van der Waals surface area contributed by atoms with Gasteiger partial charge in [0.15, 0.2) is 6.10 Å². The first kappa shape index (κ1) is 29.9. The molecule has 2 aliphatic heterocycles. The van der Waals surface area contributed by atoms with Gasteiger partial charge >= 0.3 is 6.09 Å². The van der Waals surface area contributed by atoms with Gasteiger partial charge in [-0.1, -0.05) is 12.2 Å². The molecule has 2 heterocycles. The second-order valence-electron chi connectivity index (χ2n) is 8.09. The molecule has 1 saturated heterocycles. The Morgan fingerprint density at radius 3 is 1.83 bits per heavy atom. The molecule has 0 aliphatic carbocycles. The molecule has 0 aromatic carbocycles. The van der Waals surface area contributed by atoms with E-state index in [0.29, 0.717) is 13.2 Å². The molecule has 0 radical (unpaired) electrons. The Balaban J connectivity index is 2.23. The summed E-state index contributed by atoms with van der Waals surface area (Å²) >= 11 is 0. The molecular weight excluding hydrogens is 466 g/mol. The van der Waals surface area contributed by atoms with Crippen LogP contribution in [0.15, 0.2) is 12.2 Å². The summed E-state index contributed by atoms with van der Waals surface area (Å²) in [5, 5.41) is 2.74. The van der Waals surface area contributed by atoms with Crippen molar-refractivity contribution in [3.05, 3.63) is 12.2 Å². The SMILES string of the molecule is COC1CNC(=O)O[C@H]2[C@H](OC)[C@@H](OC)CO[C@@H]2COC/C=C\COC[C@@H](OC)C(OC)[C@@H]1OC. The van der Waals surface area contributed by atoms with Gasteiger partial charge in [-0.25, -0.2) is 4.79 Å². The van der Waals surface area contributed by atoms with Gasteiger partial charge in [0.2, 0.25) is 0 Å². The molecule has 0 spiro atoms. The molecule has 0 aromatic heterocycles. The topological polar surface area (TPSA) is 121 Å². The summed E-state index contributed by atoms with van der Waals surface area (Å²) in [5.41, 5.74) is 0. The highest BCUT2D eigenvalue weighted by Crippen LogP contribution is 2.24. The molecule has 0 saturated carbocycles. The normalized spacial score (nSPS) is 37.3. The lowest BCUT2D eigenvalue weighted by molar-refractivity contribution is -0.212. The van der Waals surface area contributed by atoms with Gasteiger partial charge in [-0.2, -0.15) is 0 Å². The zero-order valence-corrected chi connectivity index (χ0v) is 21.5. The van der Waals surface area contributed by atoms with Gasteiger partial charge < -0.3 is 52.7 Å². The average Bonchev–Trinajstić information content (AvgIpc) is 2.87. The van der Waals surface area contributed by atoms with Crippen LogP contribution in [0.5, 0.6) is 0 Å². The van der Waals surface area contributed by atoms with Gasteiger partial charge in [-0.05, 0) is 0 Å². The fourth-order valence-corrected chi connectivity index (χ4v) is 4.22. The van der Waals surface area contributed by atoms with Crippen LogP contribution < -0.4 is 5.32 Å². The van der Waals surface area contributed by atoms with Crippen LogP contribution in [0.25, 0.3) is 0 Å². The Morgan fingerprint density at radius 1 is 0.714 bits per heavy atom. The van der Waals surface area contributed by atoms with Crippen LogP contribution in [0, 0.1) is 0 Å². The molecule has 2 unspecified atom stereocenters. The molecule has 2 rings (SSSR count). The summed E-state index contributed by atoms with van der Waals surface area (Å²) in [6.07, 6.45) is -1.31. The highest BCUT2D eigenvalue weighted by atomic mass is 16.6. The Bertz CT molecular complexity index is 622. The van der Waals surface area contributed by atoms with Crippen molar-refractivity contribution in [2.24, 2.45) is 0 Å². The Kier molecular flexibility index (Phi) is 14.0. The van der Waals surface area contributed by atoms with Crippen molar-refractivity contribution in [2.45, 2.75) is 48.8 Å². The summed E-state index contributed by atoms with van der Waals surface area (Å²) < 4.78 is 56.8. The third-order valence-corrected chi connectivity index (χ3v) is 6.16. The van der Waals surface area contributed by atoms with E-state index in [4.69, 9.17) is 47.4 Å². The number of carbonyl (C=O) groups excluding carboxylic acids is 1. The highest BCUT2D eigenvalue weighted by molar-refractivity contribution is 5.67. The molecule has 12 heteroatoms. The molecule has 0 bridgehead atoms. The van der Waals surface area contributed by atoms with Gasteiger partial charge in [0, 0.05) is 49.2 Å². The van der Waals surface area contributed by atoms with Crippen molar-refractivity contribution in [1.29, 1.82) is 0 Å². The van der Waals surface area contributed by atoms with Crippen LogP contribution >= 0.6 is 0 Å². The number of alkyl carbamates (subject to hydrolysis) is 1. The van der Waals surface area contributed by atoms with Crippen LogP contribution in [-0.4, -0.2) is 137 Å². The molecule has 1 N–H and O–H groups in total. The Morgan fingerprint density at radius 2 is 1.26 bits per heavy atom. The van der Waals surface area contributed by atoms with E-state index in [9.17, 15) is 4.79 Å². The highest BCUT2D eigenvalue weighted by Gasteiger charge is 2.44. The lowest BCUT2D eigenvalue weighted by Gasteiger charge is -2.40. The van der Waals surface area contributed by atoms with Gasteiger partial charge in [-0.3, -0.25) is 0 Å². The molecule has 204 valence electrons. The van der Waals surface area contributed by atoms with E-state index in [0.717, 1.165) is 0 Å². The van der Waals surface area contributed by atoms with Crippen molar-refractivity contribution >= 4 is 6.09 Å². The van der Waals surface area contributed by atoms with E-state index in [-0.39, 0.29) is 26.4 Å². The minimum atomic E-state index is -0.756. The van der Waals surface area contributed by atoms with Crippen LogP contribution in [0.4, 0.5) is 4.79 Å². The average molecular weight is 508 g/mol. The third-order valence-electron chi connectivity index (χ3n) is 6.16. The van der Waals surface area contributed by atoms with Gasteiger partial charge in [0.1, 0.15) is 42.7 Å². The number of hydrogen-bond donors (Lipinski definition) is 1. The lowest BCUT2D eigenvalue weighted by atomic mass is 10.00. The number of rotatable bonds is 6. The van der Waals surface area contributed by atoms with E-state index in [1.165, 1.54) is 14.2 Å². The number of nitrogens with one attached hydrogen (secondary N) is 1. The maximum Gasteiger partial charge on any atom is 0.407 e. The molecular formula is C23H41NO11. The Labute approximate surface area is 207 Å². The van der Waals surface area contributed by atoms with E-state index < -0.39 is 54.9 Å². The molecule has 35 heavy (non-hydrogen) atoms. The first-order valence-electron chi connectivity index (χ1n) is 11.6. The second kappa shape index (κ2) is 16.4. The number of ether oxygens (including phenoxy) is 10. The zero-order valence-electron chi connectivity index (χ0n) is 21.5. The third kappa shape index (κ3) is 8.62. The monoisotopic (exact) mass is 507 g/mol. The molecule has 1 amide bonds. The van der Waals surface area contributed by atoms with E-state index in [1.54, 1.807) is 28.4 Å². The quantitative estimate of drug-likeness (QED) is 0.495. The van der Waals surface area contributed by atoms with Gasteiger partial charge in [-0.15, -0.1) is 0 Å². The number of amides is 1. The number of hydrogen-bond acceptors (Lipinski definition) is 11. The molecule has 8 atom stereocenters. The Hall–Kier alpha value is -1.35. The minimum absolute atomic E-state index is 0.0911. The predicted molar refractivity (Wildman–Crippen MR) is 124 cm³/mol. The maximum atomic E-state index is 12.8. The summed E-state index contributed by atoms with van der Waals surface area (Å²) in [5.74, 6) is 0. The molecule has 12 nitrogen and oxygen atoms in total. The van der Waals surface area contributed by atoms with Crippen LogP contribution in [0.2, 0.25) is 0 Å². The van der Waals surface area contributed by atoms with Gasteiger partial charge in [0.25, 0.3) is 0 Å². The standard InChI is InChI=1S/C23H41NO11/c1-26-15-11-24-23(25)35-22-18(34-14-17(28-3)21(22)31-6)13-33-10-8-7-9-32-12-16(27-2)20(30-5)19(15)29-4/h7-8,15-22H,9-14H2,1-6H3,(H,24,25)/b8-7-/t15?,16-,17+,18-,19-,20?,21-,22-/m1/s1. The van der Waals surface area contributed by atoms with Crippen molar-refractivity contribution in [2.75, 3.05) is 82.2 Å². The second-order valence-corrected chi connectivity index (χ2v) is 8.09. The van der Waals surface area contributed by atoms with Crippen LogP contribution in [0.1, 0.15) is 0 Å². The summed E-state index contributed by atoms with van der Waals surface area (Å²) in [6, 6.07) is 0. The zero-order chi connectivity index (χ0) is 25.6. The number of carbonyl (C=O) groups is 1. The smallest absolute Gasteiger partial charge is 0.407 e. The summed E-state index contributed by atoms with van der Waals surface area (Å²) in [4.78, 5) is 12.8. The largest absolute Gasteiger partial charge is 0.440 e. The molecule has 2 aliphatic rings. The number of fused-ring (bicyclic) bond motifs is 1.